The van der Waals surface area contributed by atoms with Gasteiger partial charge >= 0.3 is 0 Å². The van der Waals surface area contributed by atoms with Gasteiger partial charge in [-0.1, -0.05) is 38.1 Å². The number of rotatable bonds is 8. The van der Waals surface area contributed by atoms with E-state index in [-0.39, 0.29) is 30.8 Å². The van der Waals surface area contributed by atoms with E-state index in [0.717, 1.165) is 6.42 Å². The molecule has 1 rings (SSSR count). The minimum absolute atomic E-state index is 0.0408. The van der Waals surface area contributed by atoms with E-state index in [9.17, 15) is 9.59 Å². The number of likely N-dealkylation sites (N-methyl/N-ethyl adjacent to an activating group) is 1. The second-order valence-electron chi connectivity index (χ2n) is 5.50. The molecule has 21 heavy (non-hydrogen) atoms. The van der Waals surface area contributed by atoms with Gasteiger partial charge in [-0.3, -0.25) is 14.5 Å². The molecule has 0 aromatic heterocycles. The first kappa shape index (κ1) is 17.4. The Morgan fingerprint density at radius 2 is 1.71 bits per heavy atom. The number of hydrogen-bond donors (Lipinski definition) is 1. The maximum absolute atomic E-state index is 12.2. The van der Waals surface area contributed by atoms with Crippen LogP contribution in [0.4, 0.5) is 0 Å². The Balaban J connectivity index is 2.59. The number of nitrogens with one attached hydrogen (secondary N) is 1. The molecule has 1 aromatic rings. The molecule has 0 aliphatic heterocycles. The summed E-state index contributed by atoms with van der Waals surface area (Å²) >= 11 is 0. The molecule has 1 amide bonds. The summed E-state index contributed by atoms with van der Waals surface area (Å²) in [4.78, 5) is 25.9. The van der Waals surface area contributed by atoms with E-state index >= 15 is 0 Å². The molecule has 0 saturated carbocycles. The molecule has 0 unspecified atom stereocenters. The van der Waals surface area contributed by atoms with Crippen molar-refractivity contribution in [2.75, 3.05) is 19.6 Å². The van der Waals surface area contributed by atoms with Crippen LogP contribution in [0.5, 0.6) is 0 Å². The summed E-state index contributed by atoms with van der Waals surface area (Å²) in [5.41, 5.74) is 1.92. The predicted octanol–water partition coefficient (Wildman–Crippen LogP) is 2.28. The van der Waals surface area contributed by atoms with Crippen molar-refractivity contribution in [2.24, 2.45) is 0 Å². The molecule has 0 spiro atoms. The van der Waals surface area contributed by atoms with Gasteiger partial charge in [-0.05, 0) is 32.4 Å². The fraction of sp³-hybridized carbons (Fsp3) is 0.529. The second-order valence-corrected chi connectivity index (χ2v) is 5.50. The second kappa shape index (κ2) is 8.57. The largest absolute Gasteiger partial charge is 0.353 e. The zero-order valence-electron chi connectivity index (χ0n) is 13.5. The normalized spacial score (nSPS) is 11.0. The zero-order chi connectivity index (χ0) is 15.8. The van der Waals surface area contributed by atoms with Crippen molar-refractivity contribution in [2.45, 2.75) is 40.2 Å². The third kappa shape index (κ3) is 6.08. The molecule has 0 fully saturated rings. The molecular weight excluding hydrogens is 264 g/mol. The summed E-state index contributed by atoms with van der Waals surface area (Å²) in [6.07, 6.45) is 0.963. The van der Waals surface area contributed by atoms with Gasteiger partial charge in [0.25, 0.3) is 0 Å². The van der Waals surface area contributed by atoms with Crippen LogP contribution in [-0.4, -0.2) is 42.3 Å². The Kier molecular flexibility index (Phi) is 7.09. The standard InChI is InChI=1S/C17H26N2O2/c1-5-14-7-9-15(10-8-14)16(20)11-19(6-2)12-17(21)18-13(3)4/h7-10,13H,5-6,11-12H2,1-4H3,(H,18,21). The van der Waals surface area contributed by atoms with E-state index in [0.29, 0.717) is 12.1 Å². The highest BCUT2D eigenvalue weighted by Crippen LogP contribution is 2.07. The Morgan fingerprint density at radius 1 is 1.10 bits per heavy atom. The number of Topliss-reactive ketones (excluding diaryl/α,β-unsaturated/α-hetero) is 1. The lowest BCUT2D eigenvalue weighted by Crippen LogP contribution is -2.41. The monoisotopic (exact) mass is 290 g/mol. The van der Waals surface area contributed by atoms with Gasteiger partial charge in [-0.15, -0.1) is 0 Å². The molecule has 4 nitrogen and oxygen atoms in total. The Morgan fingerprint density at radius 3 is 2.19 bits per heavy atom. The molecule has 0 aliphatic rings. The molecule has 0 atom stereocenters. The molecule has 0 radical (unpaired) electrons. The molecular formula is C17H26N2O2. The van der Waals surface area contributed by atoms with Crippen LogP contribution in [0, 0.1) is 0 Å². The van der Waals surface area contributed by atoms with Crippen molar-refractivity contribution in [3.63, 3.8) is 0 Å². The quantitative estimate of drug-likeness (QED) is 0.747. The molecule has 4 heteroatoms. The van der Waals surface area contributed by atoms with Gasteiger partial charge in [0.2, 0.25) is 5.91 Å². The van der Waals surface area contributed by atoms with Crippen molar-refractivity contribution in [1.29, 1.82) is 0 Å². The Hall–Kier alpha value is -1.68. The van der Waals surface area contributed by atoms with Gasteiger partial charge in [0.05, 0.1) is 13.1 Å². The number of carbonyl (C=O) groups excluding carboxylic acids is 2. The lowest BCUT2D eigenvalue weighted by atomic mass is 10.1. The van der Waals surface area contributed by atoms with Crippen molar-refractivity contribution < 1.29 is 9.59 Å². The lowest BCUT2D eigenvalue weighted by molar-refractivity contribution is -0.122. The van der Waals surface area contributed by atoms with E-state index in [1.54, 1.807) is 0 Å². The van der Waals surface area contributed by atoms with Crippen molar-refractivity contribution in [3.8, 4) is 0 Å². The highest BCUT2D eigenvalue weighted by molar-refractivity contribution is 5.97. The van der Waals surface area contributed by atoms with E-state index in [1.165, 1.54) is 5.56 Å². The van der Waals surface area contributed by atoms with E-state index < -0.39 is 0 Å². The topological polar surface area (TPSA) is 49.4 Å². The van der Waals surface area contributed by atoms with Gasteiger partial charge in [0.1, 0.15) is 0 Å². The van der Waals surface area contributed by atoms with E-state index in [2.05, 4.69) is 12.2 Å². The molecule has 0 heterocycles. The maximum atomic E-state index is 12.2. The average Bonchev–Trinajstić information content (AvgIpc) is 2.45. The minimum atomic E-state index is -0.0408. The first-order valence-electron chi connectivity index (χ1n) is 7.60. The van der Waals surface area contributed by atoms with Crippen LogP contribution in [0.15, 0.2) is 24.3 Å². The number of carbonyl (C=O) groups is 2. The number of nitrogens with zero attached hydrogens (tertiary/aromatic N) is 1. The van der Waals surface area contributed by atoms with Crippen LogP contribution in [0.25, 0.3) is 0 Å². The predicted molar refractivity (Wildman–Crippen MR) is 85.5 cm³/mol. The van der Waals surface area contributed by atoms with Gasteiger partial charge in [0, 0.05) is 11.6 Å². The van der Waals surface area contributed by atoms with Crippen molar-refractivity contribution >= 4 is 11.7 Å². The number of ketones is 1. The third-order valence-electron chi connectivity index (χ3n) is 3.32. The average molecular weight is 290 g/mol. The minimum Gasteiger partial charge on any atom is -0.353 e. The molecule has 0 saturated heterocycles. The number of aryl methyl sites for hydroxylation is 1. The highest BCUT2D eigenvalue weighted by atomic mass is 16.2. The van der Waals surface area contributed by atoms with Crippen molar-refractivity contribution in [3.05, 3.63) is 35.4 Å². The maximum Gasteiger partial charge on any atom is 0.234 e. The van der Waals surface area contributed by atoms with Gasteiger partial charge in [0.15, 0.2) is 5.78 Å². The van der Waals surface area contributed by atoms with Gasteiger partial charge in [-0.2, -0.15) is 0 Å². The summed E-state index contributed by atoms with van der Waals surface area (Å²) < 4.78 is 0. The number of hydrogen-bond acceptors (Lipinski definition) is 3. The summed E-state index contributed by atoms with van der Waals surface area (Å²) in [5.74, 6) is 0.0119. The van der Waals surface area contributed by atoms with E-state index in [1.807, 2.05) is 49.9 Å². The van der Waals surface area contributed by atoms with Crippen LogP contribution < -0.4 is 5.32 Å². The molecule has 116 valence electrons. The summed E-state index contributed by atoms with van der Waals surface area (Å²) in [6.45, 7) is 9.09. The van der Waals surface area contributed by atoms with Crippen LogP contribution in [-0.2, 0) is 11.2 Å². The van der Waals surface area contributed by atoms with Crippen LogP contribution in [0.1, 0.15) is 43.6 Å². The fourth-order valence-electron chi connectivity index (χ4n) is 2.07. The van der Waals surface area contributed by atoms with Gasteiger partial charge < -0.3 is 5.32 Å². The molecule has 1 aromatic carbocycles. The first-order chi connectivity index (χ1) is 9.96. The van der Waals surface area contributed by atoms with Crippen molar-refractivity contribution in [1.82, 2.24) is 10.2 Å². The molecule has 0 aliphatic carbocycles. The van der Waals surface area contributed by atoms with Crippen LogP contribution >= 0.6 is 0 Å². The van der Waals surface area contributed by atoms with Crippen LogP contribution in [0.2, 0.25) is 0 Å². The lowest BCUT2D eigenvalue weighted by Gasteiger charge is -2.20. The molecule has 1 N–H and O–H groups in total. The third-order valence-corrected chi connectivity index (χ3v) is 3.32. The smallest absolute Gasteiger partial charge is 0.234 e. The summed E-state index contributed by atoms with van der Waals surface area (Å²) in [5, 5.41) is 2.84. The number of benzene rings is 1. The highest BCUT2D eigenvalue weighted by Gasteiger charge is 2.14. The number of amides is 1. The summed E-state index contributed by atoms with van der Waals surface area (Å²) in [6, 6.07) is 7.81. The SMILES string of the molecule is CCc1ccc(C(=O)CN(CC)CC(=O)NC(C)C)cc1. The molecule has 0 bridgehead atoms. The summed E-state index contributed by atoms with van der Waals surface area (Å²) in [7, 11) is 0. The zero-order valence-corrected chi connectivity index (χ0v) is 13.5. The Labute approximate surface area is 127 Å². The van der Waals surface area contributed by atoms with E-state index in [4.69, 9.17) is 0 Å². The fourth-order valence-corrected chi connectivity index (χ4v) is 2.07. The van der Waals surface area contributed by atoms with Gasteiger partial charge in [-0.25, -0.2) is 0 Å². The Bertz CT molecular complexity index is 466. The van der Waals surface area contributed by atoms with Crippen LogP contribution in [0.3, 0.4) is 0 Å². The first-order valence-corrected chi connectivity index (χ1v) is 7.60.